The molecule has 1 atom stereocenters. The predicted octanol–water partition coefficient (Wildman–Crippen LogP) is 2.60. The van der Waals surface area contributed by atoms with Gasteiger partial charge in [0.25, 0.3) is 0 Å². The van der Waals surface area contributed by atoms with E-state index in [0.29, 0.717) is 10.3 Å². The Hall–Kier alpha value is -0.980. The first-order chi connectivity index (χ1) is 9.22. The molecular weight excluding hydrogens is 282 g/mol. The second kappa shape index (κ2) is 5.56. The number of hydrogen-bond acceptors (Lipinski definition) is 5. The molecule has 0 aromatic carbocycles. The van der Waals surface area contributed by atoms with Gasteiger partial charge in [-0.2, -0.15) is 5.10 Å². The van der Waals surface area contributed by atoms with Crippen LogP contribution < -0.4 is 0 Å². The van der Waals surface area contributed by atoms with Crippen molar-refractivity contribution in [2.24, 2.45) is 0 Å². The fourth-order valence-electron chi connectivity index (χ4n) is 2.59. The van der Waals surface area contributed by atoms with Crippen molar-refractivity contribution in [3.8, 4) is 0 Å². The third-order valence-corrected chi connectivity index (χ3v) is 4.52. The summed E-state index contributed by atoms with van der Waals surface area (Å²) in [5.41, 5.74) is 3.19. The van der Waals surface area contributed by atoms with Crippen LogP contribution in [0, 0.1) is 6.92 Å². The molecule has 2 aromatic heterocycles. The highest BCUT2D eigenvalue weighted by atomic mass is 35.5. The summed E-state index contributed by atoms with van der Waals surface area (Å²) in [4.78, 5) is 2.39. The average Bonchev–Trinajstić information content (AvgIpc) is 3.00. The third-order valence-electron chi connectivity index (χ3n) is 3.53. The van der Waals surface area contributed by atoms with Gasteiger partial charge in [0.1, 0.15) is 10.0 Å². The summed E-state index contributed by atoms with van der Waals surface area (Å²) in [5.74, 6) is 0.504. The quantitative estimate of drug-likeness (QED) is 0.946. The number of halogens is 1. The summed E-state index contributed by atoms with van der Waals surface area (Å²) in [6, 6.07) is 2.14. The number of aromatic nitrogens is 4. The molecule has 102 valence electrons. The van der Waals surface area contributed by atoms with Crippen LogP contribution in [0.2, 0.25) is 4.34 Å². The highest BCUT2D eigenvalue weighted by molar-refractivity contribution is 7.10. The Morgan fingerprint density at radius 3 is 3.16 bits per heavy atom. The van der Waals surface area contributed by atoms with E-state index < -0.39 is 0 Å². The maximum absolute atomic E-state index is 6.07. The molecule has 0 aliphatic carbocycles. The highest BCUT2D eigenvalue weighted by Gasteiger charge is 2.24. The largest absolute Gasteiger partial charge is 0.297 e. The first-order valence-corrected chi connectivity index (χ1v) is 7.58. The van der Waals surface area contributed by atoms with Gasteiger partial charge in [-0.05, 0) is 32.4 Å². The lowest BCUT2D eigenvalue weighted by Gasteiger charge is -2.31. The van der Waals surface area contributed by atoms with Gasteiger partial charge in [-0.3, -0.25) is 10.00 Å². The van der Waals surface area contributed by atoms with E-state index in [2.05, 4.69) is 30.8 Å². The molecule has 3 rings (SSSR count). The van der Waals surface area contributed by atoms with Crippen molar-refractivity contribution in [3.63, 3.8) is 0 Å². The van der Waals surface area contributed by atoms with Crippen molar-refractivity contribution in [1.29, 1.82) is 0 Å². The zero-order chi connectivity index (χ0) is 13.2. The van der Waals surface area contributed by atoms with Crippen LogP contribution in [0.1, 0.15) is 35.8 Å². The molecule has 1 N–H and O–H groups in total. The molecule has 1 fully saturated rings. The Balaban J connectivity index is 1.66. The lowest BCUT2D eigenvalue weighted by molar-refractivity contribution is 0.196. The van der Waals surface area contributed by atoms with Gasteiger partial charge in [-0.1, -0.05) is 16.1 Å². The lowest BCUT2D eigenvalue weighted by atomic mass is 9.94. The molecule has 0 bridgehead atoms. The minimum Gasteiger partial charge on any atom is -0.297 e. The van der Waals surface area contributed by atoms with E-state index in [1.165, 1.54) is 30.1 Å². The van der Waals surface area contributed by atoms with Crippen molar-refractivity contribution in [1.82, 2.24) is 24.7 Å². The van der Waals surface area contributed by atoms with E-state index in [1.807, 2.05) is 6.92 Å². The van der Waals surface area contributed by atoms with Crippen molar-refractivity contribution in [2.45, 2.75) is 32.2 Å². The third kappa shape index (κ3) is 2.96. The van der Waals surface area contributed by atoms with Crippen LogP contribution in [-0.2, 0) is 6.54 Å². The Morgan fingerprint density at radius 2 is 2.47 bits per heavy atom. The number of aromatic amines is 1. The van der Waals surface area contributed by atoms with Gasteiger partial charge in [0, 0.05) is 36.2 Å². The molecule has 1 aliphatic rings. The molecule has 1 saturated heterocycles. The van der Waals surface area contributed by atoms with Gasteiger partial charge in [0.15, 0.2) is 0 Å². The minimum atomic E-state index is 0.504. The summed E-state index contributed by atoms with van der Waals surface area (Å²) in [7, 11) is 0. The normalized spacial score (nSPS) is 20.8. The number of H-pyrrole nitrogens is 1. The van der Waals surface area contributed by atoms with Crippen LogP contribution in [0.3, 0.4) is 0 Å². The molecule has 2 aromatic rings. The number of aryl methyl sites for hydroxylation is 1. The highest BCUT2D eigenvalue weighted by Crippen LogP contribution is 2.28. The molecule has 0 saturated carbocycles. The van der Waals surface area contributed by atoms with Gasteiger partial charge in [-0.15, -0.1) is 5.10 Å². The number of nitrogens with zero attached hydrogens (tertiary/aromatic N) is 4. The molecule has 0 unspecified atom stereocenters. The molecule has 0 spiro atoms. The number of likely N-dealkylation sites (tertiary alicyclic amines) is 1. The van der Waals surface area contributed by atoms with Crippen molar-refractivity contribution in [2.75, 3.05) is 13.1 Å². The zero-order valence-corrected chi connectivity index (χ0v) is 12.3. The SMILES string of the molecule is Cc1cc([C@H]2CCCN(Cc3nnsc3Cl)C2)n[nH]1. The Kier molecular flexibility index (Phi) is 3.81. The van der Waals surface area contributed by atoms with E-state index in [0.717, 1.165) is 31.0 Å². The maximum Gasteiger partial charge on any atom is 0.138 e. The fourth-order valence-corrected chi connectivity index (χ4v) is 3.20. The number of hydrogen-bond donors (Lipinski definition) is 1. The van der Waals surface area contributed by atoms with Gasteiger partial charge >= 0.3 is 0 Å². The number of nitrogens with one attached hydrogen (secondary N) is 1. The monoisotopic (exact) mass is 297 g/mol. The summed E-state index contributed by atoms with van der Waals surface area (Å²) in [6.45, 7) is 4.93. The van der Waals surface area contributed by atoms with Crippen molar-refractivity contribution >= 4 is 23.1 Å². The van der Waals surface area contributed by atoms with Crippen molar-refractivity contribution < 1.29 is 0 Å². The Morgan fingerprint density at radius 1 is 1.58 bits per heavy atom. The van der Waals surface area contributed by atoms with Gasteiger partial charge in [0.2, 0.25) is 0 Å². The molecule has 0 amide bonds. The summed E-state index contributed by atoms with van der Waals surface area (Å²) in [5, 5.41) is 11.5. The van der Waals surface area contributed by atoms with Crippen LogP contribution in [-0.4, -0.2) is 37.8 Å². The molecule has 5 nitrogen and oxygen atoms in total. The standard InChI is InChI=1S/C12H16ClN5S/c1-8-5-10(15-14-8)9-3-2-4-18(6-9)7-11-12(13)19-17-16-11/h5,9H,2-4,6-7H2,1H3,(H,14,15)/t9-/m0/s1. The average molecular weight is 298 g/mol. The van der Waals surface area contributed by atoms with Gasteiger partial charge < -0.3 is 0 Å². The van der Waals surface area contributed by atoms with E-state index in [-0.39, 0.29) is 0 Å². The molecular formula is C12H16ClN5S. The summed E-state index contributed by atoms with van der Waals surface area (Å²) >= 11 is 7.32. The second-order valence-electron chi connectivity index (χ2n) is 5.04. The van der Waals surface area contributed by atoms with Crippen molar-refractivity contribution in [3.05, 3.63) is 27.5 Å². The maximum atomic E-state index is 6.07. The van der Waals surface area contributed by atoms with Crippen LogP contribution in [0.15, 0.2) is 6.07 Å². The Bertz CT molecular complexity index is 552. The van der Waals surface area contributed by atoms with Crippen LogP contribution in [0.4, 0.5) is 0 Å². The molecule has 19 heavy (non-hydrogen) atoms. The van der Waals surface area contributed by atoms with Gasteiger partial charge in [0.05, 0.1) is 5.69 Å². The van der Waals surface area contributed by atoms with Crippen LogP contribution in [0.5, 0.6) is 0 Å². The topological polar surface area (TPSA) is 57.7 Å². The van der Waals surface area contributed by atoms with Crippen LogP contribution in [0.25, 0.3) is 0 Å². The van der Waals surface area contributed by atoms with E-state index in [9.17, 15) is 0 Å². The minimum absolute atomic E-state index is 0.504. The summed E-state index contributed by atoms with van der Waals surface area (Å²) in [6.07, 6.45) is 2.38. The predicted molar refractivity (Wildman–Crippen MR) is 75.5 cm³/mol. The lowest BCUT2D eigenvalue weighted by Crippen LogP contribution is -2.34. The molecule has 1 aliphatic heterocycles. The van der Waals surface area contributed by atoms with E-state index in [1.54, 1.807) is 0 Å². The Labute approximate surface area is 121 Å². The van der Waals surface area contributed by atoms with Crippen LogP contribution >= 0.6 is 23.1 Å². The zero-order valence-electron chi connectivity index (χ0n) is 10.8. The first kappa shape index (κ1) is 13.0. The molecule has 0 radical (unpaired) electrons. The molecule has 3 heterocycles. The first-order valence-electron chi connectivity index (χ1n) is 6.43. The second-order valence-corrected chi connectivity index (χ2v) is 6.40. The van der Waals surface area contributed by atoms with E-state index in [4.69, 9.17) is 11.6 Å². The molecule has 7 heteroatoms. The summed E-state index contributed by atoms with van der Waals surface area (Å²) < 4.78 is 4.59. The fraction of sp³-hybridized carbons (Fsp3) is 0.583. The number of piperidine rings is 1. The number of rotatable bonds is 3. The van der Waals surface area contributed by atoms with E-state index >= 15 is 0 Å². The van der Waals surface area contributed by atoms with Gasteiger partial charge in [-0.25, -0.2) is 0 Å². The smallest absolute Gasteiger partial charge is 0.138 e.